The highest BCUT2D eigenvalue weighted by Gasteiger charge is 2.01. The molecule has 78 valence electrons. The number of carbonyl (C=O) groups is 1. The molecule has 0 spiro atoms. The summed E-state index contributed by atoms with van der Waals surface area (Å²) in [6.45, 7) is 4.44. The van der Waals surface area contributed by atoms with Gasteiger partial charge in [0.15, 0.2) is 5.13 Å². The molecule has 1 aromatic rings. The molecule has 4 nitrogen and oxygen atoms in total. The van der Waals surface area contributed by atoms with Crippen LogP contribution in [-0.4, -0.2) is 24.0 Å². The molecule has 1 aromatic heterocycles. The van der Waals surface area contributed by atoms with Crippen molar-refractivity contribution in [2.24, 2.45) is 0 Å². The van der Waals surface area contributed by atoms with Gasteiger partial charge in [0.2, 0.25) is 5.91 Å². The molecule has 1 amide bonds. The normalized spacial score (nSPS) is 8.86. The average molecular weight is 278 g/mol. The number of thiazole rings is 1. The quantitative estimate of drug-likeness (QED) is 0.633. The van der Waals surface area contributed by atoms with Crippen molar-refractivity contribution in [1.82, 2.24) is 10.3 Å². The van der Waals surface area contributed by atoms with Crippen LogP contribution >= 0.6 is 28.3 Å². The Bertz CT molecular complexity index is 276. The van der Waals surface area contributed by atoms with Crippen LogP contribution in [0.25, 0.3) is 0 Å². The fourth-order valence-corrected chi connectivity index (χ4v) is 1.28. The molecule has 0 aromatic carbocycles. The van der Waals surface area contributed by atoms with Crippen molar-refractivity contribution in [2.45, 2.75) is 0 Å². The lowest BCUT2D eigenvalue weighted by Crippen LogP contribution is -2.27. The summed E-state index contributed by atoms with van der Waals surface area (Å²) in [5.74, 6) is -0.0863. The van der Waals surface area contributed by atoms with Crippen LogP contribution in [0.3, 0.4) is 0 Å². The van der Waals surface area contributed by atoms with Crippen LogP contribution in [0.4, 0.5) is 5.13 Å². The lowest BCUT2D eigenvalue weighted by Gasteiger charge is -2.00. The van der Waals surface area contributed by atoms with E-state index in [0.717, 1.165) is 0 Å². The van der Waals surface area contributed by atoms with Gasteiger partial charge in [-0.3, -0.25) is 4.79 Å². The minimum absolute atomic E-state index is 0. The minimum atomic E-state index is -0.0863. The summed E-state index contributed by atoms with van der Waals surface area (Å²) in [6.07, 6.45) is 3.36. The highest BCUT2D eigenvalue weighted by molar-refractivity contribution is 8.93. The molecule has 0 radical (unpaired) electrons. The molecule has 0 atom stereocenters. The first-order chi connectivity index (χ1) is 6.33. The van der Waals surface area contributed by atoms with Crippen molar-refractivity contribution in [2.75, 3.05) is 18.4 Å². The number of halogens is 1. The molecule has 0 bridgehead atoms. The molecule has 2 N–H and O–H groups in total. The summed E-state index contributed by atoms with van der Waals surface area (Å²) in [7, 11) is 0. The third kappa shape index (κ3) is 5.11. The van der Waals surface area contributed by atoms with Crippen molar-refractivity contribution in [3.05, 3.63) is 24.2 Å². The SMILES string of the molecule is Br.C=CCNCC(=O)Nc1nccs1. The second-order valence-electron chi connectivity index (χ2n) is 2.31. The molecule has 0 aliphatic rings. The van der Waals surface area contributed by atoms with Gasteiger partial charge in [-0.1, -0.05) is 6.08 Å². The van der Waals surface area contributed by atoms with Crippen LogP contribution < -0.4 is 10.6 Å². The Morgan fingerprint density at radius 3 is 3.07 bits per heavy atom. The van der Waals surface area contributed by atoms with Gasteiger partial charge in [0.1, 0.15) is 0 Å². The maximum absolute atomic E-state index is 11.1. The van der Waals surface area contributed by atoms with Gasteiger partial charge in [-0.2, -0.15) is 0 Å². The molecule has 0 saturated heterocycles. The van der Waals surface area contributed by atoms with Crippen molar-refractivity contribution in [3.63, 3.8) is 0 Å². The third-order valence-corrected chi connectivity index (χ3v) is 1.94. The second kappa shape index (κ2) is 7.66. The highest BCUT2D eigenvalue weighted by Crippen LogP contribution is 2.09. The van der Waals surface area contributed by atoms with E-state index in [2.05, 4.69) is 22.2 Å². The number of nitrogens with one attached hydrogen (secondary N) is 2. The monoisotopic (exact) mass is 277 g/mol. The van der Waals surface area contributed by atoms with E-state index in [0.29, 0.717) is 11.7 Å². The predicted molar refractivity (Wildman–Crippen MR) is 64.1 cm³/mol. The van der Waals surface area contributed by atoms with E-state index in [1.54, 1.807) is 12.3 Å². The number of hydrogen-bond acceptors (Lipinski definition) is 4. The Morgan fingerprint density at radius 1 is 1.71 bits per heavy atom. The van der Waals surface area contributed by atoms with Crippen LogP contribution in [0.15, 0.2) is 24.2 Å². The van der Waals surface area contributed by atoms with Crippen LogP contribution in [0.2, 0.25) is 0 Å². The molecular weight excluding hydrogens is 266 g/mol. The van der Waals surface area contributed by atoms with E-state index < -0.39 is 0 Å². The van der Waals surface area contributed by atoms with E-state index in [-0.39, 0.29) is 29.4 Å². The van der Waals surface area contributed by atoms with E-state index in [1.165, 1.54) is 11.3 Å². The standard InChI is InChI=1S/C8H11N3OS.BrH/c1-2-3-9-6-7(12)11-8-10-4-5-13-8;/h2,4-5,9H,1,3,6H2,(H,10,11,12);1H. The van der Waals surface area contributed by atoms with E-state index in [1.807, 2.05) is 5.38 Å². The largest absolute Gasteiger partial charge is 0.305 e. The lowest BCUT2D eigenvalue weighted by molar-refractivity contribution is -0.115. The van der Waals surface area contributed by atoms with E-state index in [9.17, 15) is 4.79 Å². The lowest BCUT2D eigenvalue weighted by atomic mass is 10.5. The summed E-state index contributed by atoms with van der Waals surface area (Å²) in [5.41, 5.74) is 0. The topological polar surface area (TPSA) is 54.0 Å². The predicted octanol–water partition coefficient (Wildman–Crippen LogP) is 1.44. The van der Waals surface area contributed by atoms with Crippen LogP contribution in [0, 0.1) is 0 Å². The van der Waals surface area contributed by atoms with Crippen molar-refractivity contribution >= 4 is 39.4 Å². The molecule has 0 aliphatic carbocycles. The molecule has 0 fully saturated rings. The smallest absolute Gasteiger partial charge is 0.240 e. The summed E-state index contributed by atoms with van der Waals surface area (Å²) in [4.78, 5) is 15.1. The number of rotatable bonds is 5. The maximum Gasteiger partial charge on any atom is 0.240 e. The Balaban J connectivity index is 0.00000169. The maximum atomic E-state index is 11.1. The van der Waals surface area contributed by atoms with Crippen molar-refractivity contribution < 1.29 is 4.79 Å². The van der Waals surface area contributed by atoms with Crippen molar-refractivity contribution in [1.29, 1.82) is 0 Å². The number of anilines is 1. The van der Waals surface area contributed by atoms with Crippen LogP contribution in [0.5, 0.6) is 0 Å². The summed E-state index contributed by atoms with van der Waals surface area (Å²) in [6, 6.07) is 0. The zero-order valence-corrected chi connectivity index (χ0v) is 10.1. The zero-order valence-electron chi connectivity index (χ0n) is 7.53. The second-order valence-corrected chi connectivity index (χ2v) is 3.20. The van der Waals surface area contributed by atoms with Gasteiger partial charge in [-0.25, -0.2) is 4.98 Å². The van der Waals surface area contributed by atoms with Crippen LogP contribution in [0.1, 0.15) is 0 Å². The van der Waals surface area contributed by atoms with Gasteiger partial charge in [0, 0.05) is 18.1 Å². The first-order valence-corrected chi connectivity index (χ1v) is 4.72. The van der Waals surface area contributed by atoms with Gasteiger partial charge < -0.3 is 10.6 Å². The third-order valence-electron chi connectivity index (χ3n) is 1.25. The number of carbonyl (C=O) groups excluding carboxylic acids is 1. The van der Waals surface area contributed by atoms with Gasteiger partial charge in [0.05, 0.1) is 6.54 Å². The Hall–Kier alpha value is -0.720. The fraction of sp³-hybridized carbons (Fsp3) is 0.250. The summed E-state index contributed by atoms with van der Waals surface area (Å²) in [5, 5.41) is 7.99. The molecule has 14 heavy (non-hydrogen) atoms. The molecule has 1 heterocycles. The Kier molecular flexibility index (Phi) is 7.27. The number of nitrogens with zero attached hydrogens (tertiary/aromatic N) is 1. The van der Waals surface area contributed by atoms with Crippen molar-refractivity contribution in [3.8, 4) is 0 Å². The Labute approximate surface area is 97.2 Å². The van der Waals surface area contributed by atoms with Crippen LogP contribution in [-0.2, 0) is 4.79 Å². The zero-order chi connectivity index (χ0) is 9.52. The van der Waals surface area contributed by atoms with Gasteiger partial charge >= 0.3 is 0 Å². The van der Waals surface area contributed by atoms with E-state index in [4.69, 9.17) is 0 Å². The first kappa shape index (κ1) is 13.3. The number of amides is 1. The average Bonchev–Trinajstić information content (AvgIpc) is 2.57. The van der Waals surface area contributed by atoms with Gasteiger partial charge in [-0.05, 0) is 0 Å². The summed E-state index contributed by atoms with van der Waals surface area (Å²) >= 11 is 1.40. The number of hydrogen-bond donors (Lipinski definition) is 2. The molecule has 0 saturated carbocycles. The summed E-state index contributed by atoms with van der Waals surface area (Å²) < 4.78 is 0. The highest BCUT2D eigenvalue weighted by atomic mass is 79.9. The Morgan fingerprint density at radius 2 is 2.50 bits per heavy atom. The van der Waals surface area contributed by atoms with E-state index >= 15 is 0 Å². The van der Waals surface area contributed by atoms with Gasteiger partial charge in [0.25, 0.3) is 0 Å². The molecule has 1 rings (SSSR count). The molecule has 0 aliphatic heterocycles. The minimum Gasteiger partial charge on any atom is -0.305 e. The molecule has 6 heteroatoms. The van der Waals surface area contributed by atoms with Gasteiger partial charge in [-0.15, -0.1) is 34.9 Å². The first-order valence-electron chi connectivity index (χ1n) is 3.84. The fourth-order valence-electron chi connectivity index (χ4n) is 0.736. The molecular formula is C8H12BrN3OS. The number of aromatic nitrogens is 1. The molecule has 0 unspecified atom stereocenters.